The Hall–Kier alpha value is -1.18. The number of fused-ring (bicyclic) bond motifs is 1. The third kappa shape index (κ3) is 4.46. The molecule has 0 atom stereocenters. The van der Waals surface area contributed by atoms with Gasteiger partial charge in [0.15, 0.2) is 17.5 Å². The number of ether oxygens (including phenoxy) is 2. The molecule has 1 heterocycles. The number of nitrogens with zero attached hydrogens (tertiary/aromatic N) is 1. The second-order valence-electron chi connectivity index (χ2n) is 7.42. The lowest BCUT2D eigenvalue weighted by Gasteiger charge is -2.24. The number of nitrogens with one attached hydrogen (secondary N) is 2. The lowest BCUT2D eigenvalue weighted by atomic mass is 9.95. The van der Waals surface area contributed by atoms with Gasteiger partial charge in [-0.3, -0.25) is 4.99 Å². The van der Waals surface area contributed by atoms with Gasteiger partial charge in [-0.2, -0.15) is 0 Å². The molecule has 0 saturated heterocycles. The van der Waals surface area contributed by atoms with Gasteiger partial charge in [0.2, 0.25) is 6.79 Å². The van der Waals surface area contributed by atoms with Gasteiger partial charge >= 0.3 is 0 Å². The van der Waals surface area contributed by atoms with Crippen LogP contribution in [0.1, 0.15) is 46.1 Å². The van der Waals surface area contributed by atoms with E-state index in [9.17, 15) is 0 Å². The van der Waals surface area contributed by atoms with E-state index in [2.05, 4.69) is 50.5 Å². The quantitative estimate of drug-likeness (QED) is 0.424. The molecule has 0 aromatic heterocycles. The van der Waals surface area contributed by atoms with Crippen molar-refractivity contribution >= 4 is 29.9 Å². The summed E-state index contributed by atoms with van der Waals surface area (Å²) in [5, 5.41) is 6.77. The van der Waals surface area contributed by atoms with Gasteiger partial charge in [-0.15, -0.1) is 24.0 Å². The highest BCUT2D eigenvalue weighted by molar-refractivity contribution is 14.0. The fourth-order valence-corrected chi connectivity index (χ4v) is 2.81. The molecule has 5 nitrogen and oxygen atoms in total. The molecular formula is C18H28IN3O2. The highest BCUT2D eigenvalue weighted by Crippen LogP contribution is 2.50. The molecule has 0 spiro atoms. The van der Waals surface area contributed by atoms with E-state index in [4.69, 9.17) is 14.5 Å². The van der Waals surface area contributed by atoms with Crippen LogP contribution in [0, 0.1) is 0 Å². The minimum Gasteiger partial charge on any atom is -0.454 e. The fourth-order valence-electron chi connectivity index (χ4n) is 2.81. The van der Waals surface area contributed by atoms with E-state index in [0.29, 0.717) is 6.79 Å². The normalized spacial score (nSPS) is 17.9. The van der Waals surface area contributed by atoms with Crippen molar-refractivity contribution in [3.05, 3.63) is 23.8 Å². The van der Waals surface area contributed by atoms with Crippen LogP contribution in [-0.4, -0.2) is 31.4 Å². The zero-order chi connectivity index (χ0) is 16.5. The molecule has 1 aromatic carbocycles. The summed E-state index contributed by atoms with van der Waals surface area (Å²) in [6, 6.07) is 6.29. The molecule has 1 aliphatic carbocycles. The molecule has 0 radical (unpaired) electrons. The zero-order valence-corrected chi connectivity index (χ0v) is 17.3. The maximum Gasteiger partial charge on any atom is 0.231 e. The van der Waals surface area contributed by atoms with Crippen LogP contribution in [-0.2, 0) is 5.41 Å². The molecule has 2 aliphatic rings. The van der Waals surface area contributed by atoms with Crippen molar-refractivity contribution in [1.29, 1.82) is 0 Å². The Morgan fingerprint density at radius 1 is 1.21 bits per heavy atom. The molecule has 1 saturated carbocycles. The van der Waals surface area contributed by atoms with Gasteiger partial charge in [0.05, 0.1) is 6.54 Å². The van der Waals surface area contributed by atoms with Gasteiger partial charge in [-0.25, -0.2) is 0 Å². The third-order valence-electron chi connectivity index (χ3n) is 4.22. The first-order valence-corrected chi connectivity index (χ1v) is 8.38. The van der Waals surface area contributed by atoms with Crippen molar-refractivity contribution in [2.24, 2.45) is 4.99 Å². The third-order valence-corrected chi connectivity index (χ3v) is 4.22. The number of halogens is 1. The molecular weight excluding hydrogens is 417 g/mol. The van der Waals surface area contributed by atoms with E-state index in [0.717, 1.165) is 30.5 Å². The molecule has 6 heteroatoms. The molecule has 1 aromatic rings. The van der Waals surface area contributed by atoms with Crippen LogP contribution < -0.4 is 20.1 Å². The van der Waals surface area contributed by atoms with Crippen LogP contribution in [0.15, 0.2) is 23.2 Å². The van der Waals surface area contributed by atoms with Crippen LogP contribution in [0.25, 0.3) is 0 Å². The molecule has 0 unspecified atom stereocenters. The lowest BCUT2D eigenvalue weighted by Crippen LogP contribution is -2.47. The number of hydrogen-bond donors (Lipinski definition) is 2. The first-order valence-electron chi connectivity index (χ1n) is 8.38. The topological polar surface area (TPSA) is 54.9 Å². The summed E-state index contributed by atoms with van der Waals surface area (Å²) in [5.41, 5.74) is 1.45. The van der Waals surface area contributed by atoms with E-state index in [-0.39, 0.29) is 34.9 Å². The van der Waals surface area contributed by atoms with Crippen molar-refractivity contribution in [2.45, 2.75) is 51.5 Å². The van der Waals surface area contributed by atoms with Crippen LogP contribution in [0.3, 0.4) is 0 Å². The Bertz CT molecular complexity index is 607. The summed E-state index contributed by atoms with van der Waals surface area (Å²) < 4.78 is 10.9. The molecule has 24 heavy (non-hydrogen) atoms. The Labute approximate surface area is 161 Å². The smallest absolute Gasteiger partial charge is 0.231 e. The Morgan fingerprint density at radius 3 is 2.54 bits per heavy atom. The SMILES string of the molecule is CCNC(=NCC1(c2ccc3c(c2)OCO3)CC1)NC(C)(C)C.I. The van der Waals surface area contributed by atoms with Crippen LogP contribution in [0.4, 0.5) is 0 Å². The average Bonchev–Trinajstić information content (AvgIpc) is 3.12. The standard InChI is InChI=1S/C18H27N3O2.HI/c1-5-19-16(21-17(2,3)4)20-11-18(8-9-18)13-6-7-14-15(10-13)23-12-22-14;/h6-7,10H,5,8-9,11-12H2,1-4H3,(H2,19,20,21);1H. The van der Waals surface area contributed by atoms with E-state index in [1.54, 1.807) is 0 Å². The largest absolute Gasteiger partial charge is 0.454 e. The van der Waals surface area contributed by atoms with Crippen molar-refractivity contribution in [3.8, 4) is 11.5 Å². The van der Waals surface area contributed by atoms with E-state index in [1.165, 1.54) is 18.4 Å². The number of guanidine groups is 1. The van der Waals surface area contributed by atoms with E-state index >= 15 is 0 Å². The second-order valence-corrected chi connectivity index (χ2v) is 7.42. The summed E-state index contributed by atoms with van der Waals surface area (Å²) in [7, 11) is 0. The Balaban J connectivity index is 0.00000208. The summed E-state index contributed by atoms with van der Waals surface area (Å²) in [6.45, 7) is 10.5. The van der Waals surface area contributed by atoms with Crippen LogP contribution >= 0.6 is 24.0 Å². The number of rotatable bonds is 4. The van der Waals surface area contributed by atoms with Gasteiger partial charge in [-0.05, 0) is 58.2 Å². The van der Waals surface area contributed by atoms with E-state index in [1.807, 2.05) is 6.07 Å². The molecule has 3 rings (SSSR count). The molecule has 1 aliphatic heterocycles. The Kier molecular flexibility index (Phi) is 5.88. The summed E-state index contributed by atoms with van der Waals surface area (Å²) in [4.78, 5) is 4.83. The number of benzene rings is 1. The van der Waals surface area contributed by atoms with Crippen molar-refractivity contribution in [2.75, 3.05) is 19.9 Å². The van der Waals surface area contributed by atoms with Crippen LogP contribution in [0.5, 0.6) is 11.5 Å². The lowest BCUT2D eigenvalue weighted by molar-refractivity contribution is 0.174. The zero-order valence-electron chi connectivity index (χ0n) is 14.9. The summed E-state index contributed by atoms with van der Waals surface area (Å²) in [5.74, 6) is 2.58. The van der Waals surface area contributed by atoms with Gasteiger partial charge < -0.3 is 20.1 Å². The Morgan fingerprint density at radius 2 is 1.92 bits per heavy atom. The average molecular weight is 445 g/mol. The minimum absolute atomic E-state index is 0. The minimum atomic E-state index is -0.00351. The molecule has 0 bridgehead atoms. The maximum atomic E-state index is 5.51. The second kappa shape index (κ2) is 7.37. The molecule has 2 N–H and O–H groups in total. The highest BCUT2D eigenvalue weighted by atomic mass is 127. The molecule has 134 valence electrons. The van der Waals surface area contributed by atoms with Gasteiger partial charge in [0.1, 0.15) is 0 Å². The van der Waals surface area contributed by atoms with Crippen molar-refractivity contribution < 1.29 is 9.47 Å². The number of aliphatic imine (C=N–C) groups is 1. The predicted octanol–water partition coefficient (Wildman–Crippen LogP) is 3.42. The van der Waals surface area contributed by atoms with Crippen molar-refractivity contribution in [1.82, 2.24) is 10.6 Å². The maximum absolute atomic E-state index is 5.51. The highest BCUT2D eigenvalue weighted by Gasteiger charge is 2.44. The first kappa shape index (κ1) is 19.1. The van der Waals surface area contributed by atoms with E-state index < -0.39 is 0 Å². The predicted molar refractivity (Wildman–Crippen MR) is 108 cm³/mol. The van der Waals surface area contributed by atoms with Gasteiger partial charge in [0.25, 0.3) is 0 Å². The van der Waals surface area contributed by atoms with Gasteiger partial charge in [0, 0.05) is 17.5 Å². The first-order chi connectivity index (χ1) is 10.9. The summed E-state index contributed by atoms with van der Waals surface area (Å²) in [6.07, 6.45) is 2.34. The number of hydrogen-bond acceptors (Lipinski definition) is 3. The van der Waals surface area contributed by atoms with Gasteiger partial charge in [-0.1, -0.05) is 6.07 Å². The molecule has 1 fully saturated rings. The molecule has 0 amide bonds. The van der Waals surface area contributed by atoms with Crippen LogP contribution in [0.2, 0.25) is 0 Å². The summed E-state index contributed by atoms with van der Waals surface area (Å²) >= 11 is 0. The fraction of sp³-hybridized carbons (Fsp3) is 0.611. The monoisotopic (exact) mass is 445 g/mol. The van der Waals surface area contributed by atoms with Crippen molar-refractivity contribution in [3.63, 3.8) is 0 Å².